The molecule has 3 N–H and O–H groups in total. The molecule has 0 aliphatic carbocycles. The summed E-state index contributed by atoms with van der Waals surface area (Å²) in [6.45, 7) is 1.97. The van der Waals surface area contributed by atoms with Crippen molar-refractivity contribution in [3.05, 3.63) is 66.4 Å². The predicted molar refractivity (Wildman–Crippen MR) is 139 cm³/mol. The number of carbonyl (C=O) groups excluding carboxylic acids is 1. The van der Waals surface area contributed by atoms with Crippen LogP contribution in [-0.4, -0.2) is 36.0 Å². The summed E-state index contributed by atoms with van der Waals surface area (Å²) in [6.07, 6.45) is 6.46. The Labute approximate surface area is 204 Å². The van der Waals surface area contributed by atoms with E-state index in [2.05, 4.69) is 48.0 Å². The van der Waals surface area contributed by atoms with E-state index in [-0.39, 0.29) is 5.91 Å². The summed E-state index contributed by atoms with van der Waals surface area (Å²) in [5.41, 5.74) is 7.33. The number of rotatable bonds is 6. The molecular formula is C26H21N7OS. The average molecular weight is 480 g/mol. The zero-order valence-electron chi connectivity index (χ0n) is 18.9. The molecular weight excluding hydrogens is 458 g/mol. The van der Waals surface area contributed by atoms with Crippen molar-refractivity contribution in [3.63, 3.8) is 0 Å². The molecule has 0 fully saturated rings. The molecule has 0 bridgehead atoms. The van der Waals surface area contributed by atoms with Crippen LogP contribution in [0.1, 0.15) is 19.8 Å². The SMILES string of the molecule is CCCC(=O)Nc1cncc(-c2ccc3[nH]nc(-c4cc5c(-c6cccs6)nccc5[nH]4)c3n2)c1. The lowest BCUT2D eigenvalue weighted by molar-refractivity contribution is -0.116. The van der Waals surface area contributed by atoms with E-state index in [0.29, 0.717) is 12.1 Å². The number of amides is 1. The van der Waals surface area contributed by atoms with Gasteiger partial charge in [-0.1, -0.05) is 13.0 Å². The van der Waals surface area contributed by atoms with Gasteiger partial charge in [-0.15, -0.1) is 11.3 Å². The number of aromatic amines is 2. The van der Waals surface area contributed by atoms with Crippen LogP contribution in [-0.2, 0) is 4.79 Å². The zero-order valence-corrected chi connectivity index (χ0v) is 19.7. The second kappa shape index (κ2) is 8.77. The number of hydrogen-bond donors (Lipinski definition) is 3. The fraction of sp³-hybridized carbons (Fsp3) is 0.115. The maximum absolute atomic E-state index is 12.0. The highest BCUT2D eigenvalue weighted by Crippen LogP contribution is 2.34. The van der Waals surface area contributed by atoms with Gasteiger partial charge in [0.2, 0.25) is 5.91 Å². The predicted octanol–water partition coefficient (Wildman–Crippen LogP) is 6.03. The molecule has 0 saturated heterocycles. The lowest BCUT2D eigenvalue weighted by atomic mass is 10.1. The molecule has 35 heavy (non-hydrogen) atoms. The third-order valence-electron chi connectivity index (χ3n) is 5.76. The molecule has 9 heteroatoms. The molecule has 0 atom stereocenters. The maximum atomic E-state index is 12.0. The third-order valence-corrected chi connectivity index (χ3v) is 6.64. The van der Waals surface area contributed by atoms with E-state index in [1.165, 1.54) is 0 Å². The van der Waals surface area contributed by atoms with Crippen LogP contribution in [0.2, 0.25) is 0 Å². The van der Waals surface area contributed by atoms with Crippen molar-refractivity contribution in [1.82, 2.24) is 30.1 Å². The van der Waals surface area contributed by atoms with Crippen molar-refractivity contribution in [2.24, 2.45) is 0 Å². The lowest BCUT2D eigenvalue weighted by Crippen LogP contribution is -2.10. The summed E-state index contributed by atoms with van der Waals surface area (Å²) < 4.78 is 0. The van der Waals surface area contributed by atoms with Gasteiger partial charge in [-0.3, -0.25) is 19.9 Å². The van der Waals surface area contributed by atoms with Gasteiger partial charge < -0.3 is 10.3 Å². The first kappa shape index (κ1) is 21.2. The molecule has 0 radical (unpaired) electrons. The number of nitrogens with zero attached hydrogens (tertiary/aromatic N) is 4. The summed E-state index contributed by atoms with van der Waals surface area (Å²) in [5.74, 6) is -0.0257. The molecule has 0 aliphatic rings. The Bertz CT molecular complexity index is 1670. The third kappa shape index (κ3) is 3.95. The number of fused-ring (bicyclic) bond motifs is 2. The van der Waals surface area contributed by atoms with Gasteiger partial charge in [0.25, 0.3) is 0 Å². The summed E-state index contributed by atoms with van der Waals surface area (Å²) in [6, 6.07) is 13.9. The van der Waals surface area contributed by atoms with E-state index >= 15 is 0 Å². The molecule has 6 aromatic rings. The van der Waals surface area contributed by atoms with E-state index in [9.17, 15) is 4.79 Å². The number of thiophene rings is 1. The summed E-state index contributed by atoms with van der Waals surface area (Å²) in [4.78, 5) is 30.4. The topological polar surface area (TPSA) is 112 Å². The van der Waals surface area contributed by atoms with Crippen LogP contribution in [0.15, 0.2) is 66.4 Å². The van der Waals surface area contributed by atoms with Gasteiger partial charge >= 0.3 is 0 Å². The van der Waals surface area contributed by atoms with Gasteiger partial charge in [-0.2, -0.15) is 5.10 Å². The van der Waals surface area contributed by atoms with Gasteiger partial charge in [-0.05, 0) is 48.2 Å². The standard InChI is InChI=1S/C26H21N7OS/c1-2-4-23(34)29-16-11-15(13-27-14-16)18-6-7-20-25(31-18)26(33-32-20)21-12-17-19(30-21)8-9-28-24(17)22-5-3-10-35-22/h3,5-14,30H,2,4H2,1H3,(H,29,34)(H,32,33). The van der Waals surface area contributed by atoms with E-state index in [1.54, 1.807) is 23.7 Å². The number of nitrogens with one attached hydrogen (secondary N) is 3. The summed E-state index contributed by atoms with van der Waals surface area (Å²) >= 11 is 1.66. The van der Waals surface area contributed by atoms with Crippen molar-refractivity contribution in [2.45, 2.75) is 19.8 Å². The Hall–Kier alpha value is -4.37. The van der Waals surface area contributed by atoms with Crippen LogP contribution in [0.25, 0.3) is 55.2 Å². The number of anilines is 1. The van der Waals surface area contributed by atoms with Gasteiger partial charge in [-0.25, -0.2) is 4.98 Å². The lowest BCUT2D eigenvalue weighted by Gasteiger charge is -2.06. The Morgan fingerprint density at radius 2 is 2.03 bits per heavy atom. The van der Waals surface area contributed by atoms with Crippen LogP contribution in [0.5, 0.6) is 0 Å². The highest BCUT2D eigenvalue weighted by atomic mass is 32.1. The molecule has 0 aliphatic heterocycles. The second-order valence-electron chi connectivity index (χ2n) is 8.21. The first-order valence-electron chi connectivity index (χ1n) is 11.3. The van der Waals surface area contributed by atoms with E-state index < -0.39 is 0 Å². The minimum Gasteiger partial charge on any atom is -0.353 e. The smallest absolute Gasteiger partial charge is 0.224 e. The Kier molecular flexibility index (Phi) is 5.31. The number of aromatic nitrogens is 6. The largest absolute Gasteiger partial charge is 0.353 e. The Balaban J connectivity index is 1.40. The van der Waals surface area contributed by atoms with Crippen molar-refractivity contribution in [1.29, 1.82) is 0 Å². The first-order valence-corrected chi connectivity index (χ1v) is 12.2. The second-order valence-corrected chi connectivity index (χ2v) is 9.15. The molecule has 8 nitrogen and oxygen atoms in total. The van der Waals surface area contributed by atoms with Crippen molar-refractivity contribution in [3.8, 4) is 33.2 Å². The molecule has 0 spiro atoms. The van der Waals surface area contributed by atoms with E-state index in [0.717, 1.165) is 61.6 Å². The molecule has 0 saturated carbocycles. The minimum atomic E-state index is -0.0257. The number of H-pyrrole nitrogens is 2. The van der Waals surface area contributed by atoms with Crippen molar-refractivity contribution >= 4 is 44.9 Å². The molecule has 0 unspecified atom stereocenters. The van der Waals surface area contributed by atoms with Gasteiger partial charge in [0.1, 0.15) is 11.2 Å². The highest BCUT2D eigenvalue weighted by molar-refractivity contribution is 7.13. The number of pyridine rings is 3. The molecule has 1 amide bonds. The maximum Gasteiger partial charge on any atom is 0.224 e. The zero-order chi connectivity index (χ0) is 23.8. The Morgan fingerprint density at radius 3 is 2.89 bits per heavy atom. The fourth-order valence-electron chi connectivity index (χ4n) is 4.14. The average Bonchev–Trinajstić information content (AvgIpc) is 3.63. The molecule has 6 heterocycles. The van der Waals surface area contributed by atoms with Crippen LogP contribution >= 0.6 is 11.3 Å². The quantitative estimate of drug-likeness (QED) is 0.270. The van der Waals surface area contributed by atoms with Gasteiger partial charge in [0, 0.05) is 35.3 Å². The van der Waals surface area contributed by atoms with Crippen molar-refractivity contribution in [2.75, 3.05) is 5.32 Å². The summed E-state index contributed by atoms with van der Waals surface area (Å²) in [7, 11) is 0. The minimum absolute atomic E-state index is 0.0257. The molecule has 6 aromatic heterocycles. The van der Waals surface area contributed by atoms with Crippen LogP contribution in [0.4, 0.5) is 5.69 Å². The highest BCUT2D eigenvalue weighted by Gasteiger charge is 2.16. The van der Waals surface area contributed by atoms with Crippen LogP contribution in [0.3, 0.4) is 0 Å². The Morgan fingerprint density at radius 1 is 1.09 bits per heavy atom. The fourth-order valence-corrected chi connectivity index (χ4v) is 4.87. The molecule has 6 rings (SSSR count). The normalized spacial score (nSPS) is 11.3. The number of hydrogen-bond acceptors (Lipinski definition) is 6. The van der Waals surface area contributed by atoms with E-state index in [1.807, 2.05) is 43.5 Å². The molecule has 0 aromatic carbocycles. The monoisotopic (exact) mass is 479 g/mol. The number of carbonyl (C=O) groups is 1. The van der Waals surface area contributed by atoms with E-state index in [4.69, 9.17) is 4.98 Å². The van der Waals surface area contributed by atoms with Crippen molar-refractivity contribution < 1.29 is 4.79 Å². The summed E-state index contributed by atoms with van der Waals surface area (Å²) in [5, 5.41) is 13.6. The van der Waals surface area contributed by atoms with Gasteiger partial charge in [0.05, 0.1) is 39.4 Å². The van der Waals surface area contributed by atoms with Crippen LogP contribution < -0.4 is 5.32 Å². The van der Waals surface area contributed by atoms with Gasteiger partial charge in [0.15, 0.2) is 0 Å². The van der Waals surface area contributed by atoms with Crippen LogP contribution in [0, 0.1) is 0 Å². The first-order chi connectivity index (χ1) is 17.2. The molecule has 172 valence electrons.